The van der Waals surface area contributed by atoms with E-state index in [0.717, 1.165) is 30.4 Å². The van der Waals surface area contributed by atoms with Crippen molar-refractivity contribution in [2.45, 2.75) is 69.0 Å². The molecule has 7 nitrogen and oxygen atoms in total. The SMILES string of the molecule is C[C@]12CC[C@@H]3c4ccc(O)cc4CC[C@H]3[C@@H]1C[C@](O)(CC(=O)O)[C@@]2(O)CC(=O)O. The van der Waals surface area contributed by atoms with E-state index < -0.39 is 41.4 Å². The molecule has 0 saturated heterocycles. The largest absolute Gasteiger partial charge is 0.508 e. The lowest BCUT2D eigenvalue weighted by molar-refractivity contribution is -0.204. The maximum absolute atomic E-state index is 11.6. The Bertz CT molecular complexity index is 867. The standard InChI is InChI=1S/C22H28O7/c1-20-7-6-15-14-5-3-13(23)8-12(14)2-4-16(15)17(20)9-21(28,10-18(24)25)22(20,29)11-19(26)27/h3,5,8,15-17,23,28-29H,2,4,6-7,9-11H2,1H3,(H,24,25)(H,26,27)/t15-,16-,17+,20+,21+,22-/m1/s1. The lowest BCUT2D eigenvalue weighted by atomic mass is 9.52. The molecule has 0 bridgehead atoms. The van der Waals surface area contributed by atoms with Crippen LogP contribution in [0.5, 0.6) is 5.75 Å². The van der Waals surface area contributed by atoms with Crippen molar-refractivity contribution in [1.82, 2.24) is 0 Å². The van der Waals surface area contributed by atoms with Crippen molar-refractivity contribution < 1.29 is 35.1 Å². The summed E-state index contributed by atoms with van der Waals surface area (Å²) in [5.74, 6) is -2.13. The molecule has 7 heteroatoms. The molecule has 158 valence electrons. The number of aliphatic carboxylic acids is 2. The smallest absolute Gasteiger partial charge is 0.306 e. The van der Waals surface area contributed by atoms with Crippen LogP contribution in [0.1, 0.15) is 62.5 Å². The number of carboxylic acids is 2. The molecule has 0 amide bonds. The minimum atomic E-state index is -2.00. The van der Waals surface area contributed by atoms with Gasteiger partial charge < -0.3 is 25.5 Å². The number of aromatic hydroxyl groups is 1. The molecular weight excluding hydrogens is 376 g/mol. The summed E-state index contributed by atoms with van der Waals surface area (Å²) < 4.78 is 0. The molecule has 0 unspecified atom stereocenters. The lowest BCUT2D eigenvalue weighted by Crippen LogP contribution is -2.61. The van der Waals surface area contributed by atoms with Crippen LogP contribution in [0, 0.1) is 17.3 Å². The zero-order chi connectivity index (χ0) is 21.2. The summed E-state index contributed by atoms with van der Waals surface area (Å²) in [6, 6.07) is 5.40. The van der Waals surface area contributed by atoms with Crippen molar-refractivity contribution in [3.05, 3.63) is 29.3 Å². The number of phenolic OH excluding ortho intramolecular Hbond substituents is 1. The van der Waals surface area contributed by atoms with Crippen molar-refractivity contribution in [2.75, 3.05) is 0 Å². The van der Waals surface area contributed by atoms with E-state index in [2.05, 4.69) is 0 Å². The fourth-order valence-electron chi connectivity index (χ4n) is 6.90. The van der Waals surface area contributed by atoms with Crippen LogP contribution in [0.15, 0.2) is 18.2 Å². The van der Waals surface area contributed by atoms with Gasteiger partial charge in [0, 0.05) is 5.41 Å². The Morgan fingerprint density at radius 2 is 1.79 bits per heavy atom. The molecule has 2 saturated carbocycles. The van der Waals surface area contributed by atoms with Crippen molar-refractivity contribution in [3.63, 3.8) is 0 Å². The van der Waals surface area contributed by atoms with Crippen molar-refractivity contribution in [2.24, 2.45) is 17.3 Å². The molecule has 2 fully saturated rings. The van der Waals surface area contributed by atoms with E-state index in [4.69, 9.17) is 0 Å². The zero-order valence-electron chi connectivity index (χ0n) is 16.5. The summed E-state index contributed by atoms with van der Waals surface area (Å²) in [5.41, 5.74) is -2.60. The molecule has 1 aromatic rings. The van der Waals surface area contributed by atoms with E-state index in [-0.39, 0.29) is 29.9 Å². The first kappa shape index (κ1) is 20.2. The van der Waals surface area contributed by atoms with Crippen LogP contribution in [0.4, 0.5) is 0 Å². The highest BCUT2D eigenvalue weighted by atomic mass is 16.4. The normalized spacial score (nSPS) is 40.6. The van der Waals surface area contributed by atoms with E-state index in [0.29, 0.717) is 6.42 Å². The number of fused-ring (bicyclic) bond motifs is 5. The highest BCUT2D eigenvalue weighted by molar-refractivity contribution is 5.72. The van der Waals surface area contributed by atoms with E-state index in [9.17, 15) is 35.1 Å². The number of carbonyl (C=O) groups is 2. The monoisotopic (exact) mass is 404 g/mol. The van der Waals surface area contributed by atoms with E-state index in [1.165, 1.54) is 0 Å². The van der Waals surface area contributed by atoms with Gasteiger partial charge in [0.05, 0.1) is 12.8 Å². The van der Waals surface area contributed by atoms with Gasteiger partial charge in [-0.15, -0.1) is 0 Å². The molecule has 0 aromatic heterocycles. The summed E-state index contributed by atoms with van der Waals surface area (Å²) in [7, 11) is 0. The van der Waals surface area contributed by atoms with Gasteiger partial charge in [0.1, 0.15) is 17.0 Å². The molecule has 29 heavy (non-hydrogen) atoms. The third-order valence-corrected chi connectivity index (χ3v) is 8.22. The molecule has 4 rings (SSSR count). The summed E-state index contributed by atoms with van der Waals surface area (Å²) in [6.07, 6.45) is 1.51. The summed E-state index contributed by atoms with van der Waals surface area (Å²) in [4.78, 5) is 23.1. The first-order chi connectivity index (χ1) is 13.5. The number of aryl methyl sites for hydroxylation is 1. The van der Waals surface area contributed by atoms with Crippen molar-refractivity contribution >= 4 is 11.9 Å². The van der Waals surface area contributed by atoms with E-state index in [1.807, 2.05) is 13.0 Å². The Kier molecular flexibility index (Phi) is 4.48. The Hall–Kier alpha value is -2.12. The molecule has 3 aliphatic rings. The zero-order valence-corrected chi connectivity index (χ0v) is 16.5. The second kappa shape index (κ2) is 6.44. The van der Waals surface area contributed by atoms with Gasteiger partial charge in [-0.1, -0.05) is 13.0 Å². The van der Waals surface area contributed by atoms with Gasteiger partial charge in [0.2, 0.25) is 0 Å². The Balaban J connectivity index is 1.76. The quantitative estimate of drug-likeness (QED) is 0.519. The topological polar surface area (TPSA) is 135 Å². The van der Waals surface area contributed by atoms with Gasteiger partial charge in [0.25, 0.3) is 0 Å². The van der Waals surface area contributed by atoms with Crippen molar-refractivity contribution in [1.29, 1.82) is 0 Å². The summed E-state index contributed by atoms with van der Waals surface area (Å²) >= 11 is 0. The van der Waals surface area contributed by atoms with Crippen molar-refractivity contribution in [3.8, 4) is 5.75 Å². The van der Waals surface area contributed by atoms with Crippen LogP contribution in [0.3, 0.4) is 0 Å². The Labute approximate surface area is 169 Å². The number of phenols is 1. The second-order valence-corrected chi connectivity index (χ2v) is 9.49. The van der Waals surface area contributed by atoms with Gasteiger partial charge in [0.15, 0.2) is 0 Å². The third-order valence-electron chi connectivity index (χ3n) is 8.22. The number of carboxylic acid groups (broad SMARTS) is 2. The predicted octanol–water partition coefficient (Wildman–Crippen LogP) is 2.27. The van der Waals surface area contributed by atoms with E-state index in [1.54, 1.807) is 12.1 Å². The van der Waals surface area contributed by atoms with Crippen LogP contribution in [-0.2, 0) is 16.0 Å². The Morgan fingerprint density at radius 1 is 1.10 bits per heavy atom. The highest BCUT2D eigenvalue weighted by Crippen LogP contribution is 2.68. The first-order valence-electron chi connectivity index (χ1n) is 10.2. The predicted molar refractivity (Wildman–Crippen MR) is 103 cm³/mol. The minimum Gasteiger partial charge on any atom is -0.508 e. The number of rotatable bonds is 4. The number of hydrogen-bond acceptors (Lipinski definition) is 5. The summed E-state index contributed by atoms with van der Waals surface area (Å²) in [5, 5.41) is 51.5. The van der Waals surface area contributed by atoms with Gasteiger partial charge in [-0.05, 0) is 73.1 Å². The first-order valence-corrected chi connectivity index (χ1v) is 10.2. The molecule has 3 aliphatic carbocycles. The van der Waals surface area contributed by atoms with E-state index >= 15 is 0 Å². The minimum absolute atomic E-state index is 0.0775. The van der Waals surface area contributed by atoms with Crippen LogP contribution in [-0.4, -0.2) is 48.7 Å². The molecule has 1 aromatic carbocycles. The molecule has 5 N–H and O–H groups in total. The molecule has 0 radical (unpaired) electrons. The summed E-state index contributed by atoms with van der Waals surface area (Å²) in [6.45, 7) is 1.82. The van der Waals surface area contributed by atoms with Gasteiger partial charge in [-0.2, -0.15) is 0 Å². The average molecular weight is 404 g/mol. The maximum Gasteiger partial charge on any atom is 0.306 e. The number of aliphatic hydroxyl groups is 2. The fourth-order valence-corrected chi connectivity index (χ4v) is 6.90. The third kappa shape index (κ3) is 2.78. The molecular formula is C22H28O7. The molecule has 0 heterocycles. The molecule has 6 atom stereocenters. The van der Waals surface area contributed by atoms with Gasteiger partial charge in [-0.25, -0.2) is 0 Å². The van der Waals surface area contributed by atoms with Crippen LogP contribution in [0.2, 0.25) is 0 Å². The second-order valence-electron chi connectivity index (χ2n) is 9.49. The van der Waals surface area contributed by atoms with Crippen LogP contribution >= 0.6 is 0 Å². The number of hydrogen-bond donors (Lipinski definition) is 5. The number of benzene rings is 1. The van der Waals surface area contributed by atoms with Crippen LogP contribution in [0.25, 0.3) is 0 Å². The molecule has 0 aliphatic heterocycles. The van der Waals surface area contributed by atoms with Gasteiger partial charge >= 0.3 is 11.9 Å². The fraction of sp³-hybridized carbons (Fsp3) is 0.636. The Morgan fingerprint density at radius 3 is 2.45 bits per heavy atom. The average Bonchev–Trinajstić information content (AvgIpc) is 2.77. The van der Waals surface area contributed by atoms with Crippen LogP contribution < -0.4 is 0 Å². The van der Waals surface area contributed by atoms with Gasteiger partial charge in [-0.3, -0.25) is 9.59 Å². The highest BCUT2D eigenvalue weighted by Gasteiger charge is 2.72. The maximum atomic E-state index is 11.6. The lowest BCUT2D eigenvalue weighted by Gasteiger charge is -2.53. The molecule has 0 spiro atoms.